The van der Waals surface area contributed by atoms with Crippen molar-refractivity contribution in [3.63, 3.8) is 0 Å². The van der Waals surface area contributed by atoms with Crippen LogP contribution in [-0.4, -0.2) is 99.0 Å². The van der Waals surface area contributed by atoms with Gasteiger partial charge in [-0.3, -0.25) is 14.4 Å². The third kappa shape index (κ3) is 10.6. The maximum Gasteiger partial charge on any atom is 0.253 e. The summed E-state index contributed by atoms with van der Waals surface area (Å²) in [5.41, 5.74) is 0.267. The molecular formula is C34H43F2N5O6S. The first-order chi connectivity index (χ1) is 22.6. The van der Waals surface area contributed by atoms with E-state index in [9.17, 15) is 36.7 Å². The molecule has 11 nitrogen and oxygen atoms in total. The fourth-order valence-corrected chi connectivity index (χ4v) is 6.23. The summed E-state index contributed by atoms with van der Waals surface area (Å²) in [4.78, 5) is 45.5. The van der Waals surface area contributed by atoms with Gasteiger partial charge in [-0.15, -0.1) is 4.83 Å². The van der Waals surface area contributed by atoms with Crippen LogP contribution in [0.4, 0.5) is 8.78 Å². The summed E-state index contributed by atoms with van der Waals surface area (Å²) < 4.78 is 53.8. The van der Waals surface area contributed by atoms with Gasteiger partial charge in [0, 0.05) is 63.5 Å². The number of sulfonamides is 1. The minimum Gasteiger partial charge on any atom is -0.390 e. The van der Waals surface area contributed by atoms with Crippen LogP contribution < -0.4 is 10.1 Å². The monoisotopic (exact) mass is 687 g/mol. The smallest absolute Gasteiger partial charge is 0.253 e. The third-order valence-corrected chi connectivity index (χ3v) is 8.76. The first-order valence-corrected chi connectivity index (χ1v) is 17.0. The van der Waals surface area contributed by atoms with Crippen molar-refractivity contribution in [1.82, 2.24) is 25.0 Å². The number of hydrogen-bond donors (Lipinski definition) is 3. The van der Waals surface area contributed by atoms with Crippen molar-refractivity contribution < 1.29 is 36.7 Å². The molecule has 3 aromatic rings. The lowest BCUT2D eigenvalue weighted by molar-refractivity contribution is 0.0687. The van der Waals surface area contributed by atoms with Crippen LogP contribution in [-0.2, 0) is 16.4 Å². The number of likely N-dealkylation sites (N-methyl/N-ethyl adjacent to an activating group) is 1. The van der Waals surface area contributed by atoms with Crippen molar-refractivity contribution in [2.24, 2.45) is 0 Å². The predicted octanol–water partition coefficient (Wildman–Crippen LogP) is 3.46. The van der Waals surface area contributed by atoms with Crippen LogP contribution in [0.5, 0.6) is 0 Å². The third-order valence-electron chi connectivity index (χ3n) is 7.32. The van der Waals surface area contributed by atoms with Crippen LogP contribution in [0, 0.1) is 11.6 Å². The Bertz CT molecular complexity index is 1660. The topological polar surface area (TPSA) is 139 Å². The van der Waals surface area contributed by atoms with E-state index in [1.807, 2.05) is 13.8 Å². The fourth-order valence-electron chi connectivity index (χ4n) is 5.12. The second kappa shape index (κ2) is 17.2. The number of halogens is 2. The quantitative estimate of drug-likeness (QED) is 0.196. The average Bonchev–Trinajstić information content (AvgIpc) is 3.02. The summed E-state index contributed by atoms with van der Waals surface area (Å²) >= 11 is 0. The number of rotatable bonds is 16. The van der Waals surface area contributed by atoms with E-state index in [0.717, 1.165) is 17.1 Å². The Morgan fingerprint density at radius 2 is 1.35 bits per heavy atom. The number of nitrogens with one attached hydrogen (secondary N) is 2. The molecule has 260 valence electrons. The van der Waals surface area contributed by atoms with E-state index in [-0.39, 0.29) is 46.0 Å². The molecule has 0 aromatic heterocycles. The molecule has 0 saturated carbocycles. The Hall–Kier alpha value is -4.24. The number of aliphatic hydroxyl groups excluding tert-OH is 1. The van der Waals surface area contributed by atoms with Gasteiger partial charge >= 0.3 is 0 Å². The molecule has 3 N–H and O–H groups in total. The first-order valence-electron chi connectivity index (χ1n) is 15.5. The average molecular weight is 688 g/mol. The number of nitrogens with zero attached hydrogens (tertiary/aromatic N) is 3. The molecule has 0 aliphatic heterocycles. The van der Waals surface area contributed by atoms with Crippen LogP contribution in [0.15, 0.2) is 71.6 Å². The lowest BCUT2D eigenvalue weighted by atomic mass is 9.99. The Balaban J connectivity index is 1.96. The van der Waals surface area contributed by atoms with Crippen molar-refractivity contribution in [3.8, 4) is 0 Å². The Morgan fingerprint density at radius 1 is 0.812 bits per heavy atom. The van der Waals surface area contributed by atoms with Gasteiger partial charge in [0.2, 0.25) is 0 Å². The van der Waals surface area contributed by atoms with Crippen LogP contribution >= 0.6 is 0 Å². The van der Waals surface area contributed by atoms with Crippen molar-refractivity contribution in [3.05, 3.63) is 101 Å². The van der Waals surface area contributed by atoms with Crippen LogP contribution in [0.3, 0.4) is 0 Å². The Morgan fingerprint density at radius 3 is 1.90 bits per heavy atom. The summed E-state index contributed by atoms with van der Waals surface area (Å²) in [5.74, 6) is -3.31. The van der Waals surface area contributed by atoms with Crippen LogP contribution in [0.2, 0.25) is 0 Å². The molecule has 3 aromatic carbocycles. The molecule has 0 spiro atoms. The van der Waals surface area contributed by atoms with Gasteiger partial charge in [-0.25, -0.2) is 22.2 Å². The number of aliphatic hydroxyl groups is 1. The molecule has 3 amide bonds. The SMILES string of the molecule is CCCN(CCC)C(=O)c1cc(C(=O)NC(Cc2cc(F)cc(F)c2)C(O)CN(C)NS(=O)(=O)c2ccccc2)cc(C(=O)N(C)C)c1. The molecule has 0 heterocycles. The van der Waals surface area contributed by atoms with E-state index in [1.165, 1.54) is 56.4 Å². The van der Waals surface area contributed by atoms with Crippen molar-refractivity contribution >= 4 is 27.7 Å². The maximum absolute atomic E-state index is 14.1. The summed E-state index contributed by atoms with van der Waals surface area (Å²) in [6.07, 6.45) is -0.318. The summed E-state index contributed by atoms with van der Waals surface area (Å²) in [6, 6.07) is 13.3. The molecule has 0 aliphatic carbocycles. The van der Waals surface area contributed by atoms with E-state index in [2.05, 4.69) is 10.1 Å². The molecule has 2 unspecified atom stereocenters. The molecule has 0 aliphatic rings. The number of amides is 3. The minimum absolute atomic E-state index is 0.0135. The van der Waals surface area contributed by atoms with Crippen molar-refractivity contribution in [2.45, 2.75) is 50.2 Å². The molecule has 48 heavy (non-hydrogen) atoms. The highest BCUT2D eigenvalue weighted by Crippen LogP contribution is 2.18. The molecule has 3 rings (SSSR count). The molecular weight excluding hydrogens is 644 g/mol. The maximum atomic E-state index is 14.1. The van der Waals surface area contributed by atoms with Gasteiger partial charge in [-0.05, 0) is 67.3 Å². The van der Waals surface area contributed by atoms with Gasteiger partial charge in [0.25, 0.3) is 27.7 Å². The number of benzene rings is 3. The normalized spacial score (nSPS) is 12.8. The summed E-state index contributed by atoms with van der Waals surface area (Å²) in [7, 11) is 0.427. The van der Waals surface area contributed by atoms with Gasteiger partial charge < -0.3 is 20.2 Å². The van der Waals surface area contributed by atoms with Gasteiger partial charge in [0.1, 0.15) is 11.6 Å². The zero-order chi connectivity index (χ0) is 35.6. The molecule has 0 bridgehead atoms. The predicted molar refractivity (Wildman–Crippen MR) is 178 cm³/mol. The van der Waals surface area contributed by atoms with E-state index in [1.54, 1.807) is 23.1 Å². The van der Waals surface area contributed by atoms with E-state index >= 15 is 0 Å². The number of carbonyl (C=O) groups excluding carboxylic acids is 3. The standard InChI is InChI=1S/C34H43F2N5O6S/c1-6-13-41(14-7-2)34(45)26-19-24(18-25(20-26)33(44)39(3)4)32(43)37-30(17-23-15-27(35)21-28(36)16-23)31(42)22-40(5)38-48(46,47)29-11-9-8-10-12-29/h8-12,15-16,18-21,30-31,38,42H,6-7,13-14,17,22H2,1-5H3,(H,37,43). The molecule has 0 fully saturated rings. The van der Waals surface area contributed by atoms with Crippen LogP contribution in [0.1, 0.15) is 63.3 Å². The Labute approximate surface area is 280 Å². The summed E-state index contributed by atoms with van der Waals surface area (Å²) in [5, 5.41) is 15.1. The van der Waals surface area contributed by atoms with Gasteiger partial charge in [0.05, 0.1) is 17.0 Å². The fraction of sp³-hybridized carbons (Fsp3) is 0.382. The first kappa shape index (κ1) is 38.2. The molecule has 0 saturated heterocycles. The zero-order valence-electron chi connectivity index (χ0n) is 27.7. The Kier molecular flexibility index (Phi) is 13.7. The number of hydrogen-bond acceptors (Lipinski definition) is 7. The second-order valence-electron chi connectivity index (χ2n) is 11.7. The largest absolute Gasteiger partial charge is 0.390 e. The molecule has 2 atom stereocenters. The lowest BCUT2D eigenvalue weighted by Crippen LogP contribution is -2.52. The van der Waals surface area contributed by atoms with Gasteiger partial charge in [-0.1, -0.05) is 32.0 Å². The highest BCUT2D eigenvalue weighted by Gasteiger charge is 2.27. The number of carbonyl (C=O) groups is 3. The molecule has 14 heteroatoms. The van der Waals surface area contributed by atoms with Crippen molar-refractivity contribution in [1.29, 1.82) is 0 Å². The van der Waals surface area contributed by atoms with E-state index in [4.69, 9.17) is 0 Å². The van der Waals surface area contributed by atoms with E-state index < -0.39 is 45.6 Å². The van der Waals surface area contributed by atoms with Gasteiger partial charge in [-0.2, -0.15) is 0 Å². The highest BCUT2D eigenvalue weighted by molar-refractivity contribution is 7.89. The summed E-state index contributed by atoms with van der Waals surface area (Å²) in [6.45, 7) is 4.46. The van der Waals surface area contributed by atoms with Gasteiger partial charge in [0.15, 0.2) is 0 Å². The van der Waals surface area contributed by atoms with Crippen molar-refractivity contribution in [2.75, 3.05) is 40.8 Å². The highest BCUT2D eigenvalue weighted by atomic mass is 32.2. The van der Waals surface area contributed by atoms with E-state index in [0.29, 0.717) is 32.0 Å². The second-order valence-corrected chi connectivity index (χ2v) is 13.4. The minimum atomic E-state index is -4.01. The molecule has 0 radical (unpaired) electrons. The zero-order valence-corrected chi connectivity index (χ0v) is 28.6. The van der Waals surface area contributed by atoms with Crippen LogP contribution in [0.25, 0.3) is 0 Å². The number of hydrazine groups is 1. The lowest BCUT2D eigenvalue weighted by Gasteiger charge is -2.28.